The van der Waals surface area contributed by atoms with Crippen molar-refractivity contribution in [1.82, 2.24) is 9.80 Å². The second-order valence-electron chi connectivity index (χ2n) is 5.36. The molecule has 0 bridgehead atoms. The zero-order chi connectivity index (χ0) is 18.2. The number of nitrogens with one attached hydrogen (secondary N) is 1. The van der Waals surface area contributed by atoms with E-state index in [1.165, 1.54) is 20.4 Å². The number of ether oxygens (including phenoxy) is 2. The van der Waals surface area contributed by atoms with Crippen LogP contribution in [0.5, 0.6) is 11.5 Å². The lowest BCUT2D eigenvalue weighted by atomic mass is 10.2. The molecule has 1 aromatic carbocycles. The van der Waals surface area contributed by atoms with Gasteiger partial charge in [-0.25, -0.2) is 0 Å². The Morgan fingerprint density at radius 3 is 2.36 bits per heavy atom. The lowest BCUT2D eigenvalue weighted by Crippen LogP contribution is -2.43. The van der Waals surface area contributed by atoms with Crippen molar-refractivity contribution < 1.29 is 19.1 Å². The Kier molecular flexibility index (Phi) is 6.23. The van der Waals surface area contributed by atoms with Crippen LogP contribution in [0.2, 0.25) is 0 Å². The molecule has 1 heterocycles. The van der Waals surface area contributed by atoms with Crippen molar-refractivity contribution in [3.63, 3.8) is 0 Å². The molecular weight excluding hydrogens is 324 g/mol. The molecule has 0 saturated carbocycles. The molecule has 0 atom stereocenters. The molecular formula is C17H20N4O4. The second kappa shape index (κ2) is 8.59. The Morgan fingerprint density at radius 2 is 1.80 bits per heavy atom. The Balaban J connectivity index is 2.06. The Labute approximate surface area is 146 Å². The highest BCUT2D eigenvalue weighted by molar-refractivity contribution is 6.06. The lowest BCUT2D eigenvalue weighted by Gasteiger charge is -2.31. The van der Waals surface area contributed by atoms with Gasteiger partial charge in [0.1, 0.15) is 11.6 Å². The summed E-state index contributed by atoms with van der Waals surface area (Å²) in [5.74, 6) is 0.518. The maximum Gasteiger partial charge on any atom is 0.267 e. The van der Waals surface area contributed by atoms with Crippen molar-refractivity contribution in [2.24, 2.45) is 0 Å². The minimum absolute atomic E-state index is 0.00524. The van der Waals surface area contributed by atoms with Crippen LogP contribution in [0.4, 0.5) is 5.69 Å². The Hall–Kier alpha value is -3.21. The molecule has 8 heteroatoms. The zero-order valence-corrected chi connectivity index (χ0v) is 14.2. The minimum atomic E-state index is -0.507. The van der Waals surface area contributed by atoms with Gasteiger partial charge in [0.25, 0.3) is 5.91 Å². The number of carbonyl (C=O) groups is 2. The number of hydrogen-bond donors (Lipinski definition) is 1. The summed E-state index contributed by atoms with van der Waals surface area (Å²) in [5, 5.41) is 11.9. The van der Waals surface area contributed by atoms with Crippen LogP contribution in [0.15, 0.2) is 30.0 Å². The smallest absolute Gasteiger partial charge is 0.267 e. The van der Waals surface area contributed by atoms with E-state index < -0.39 is 5.91 Å². The van der Waals surface area contributed by atoms with Gasteiger partial charge >= 0.3 is 0 Å². The van der Waals surface area contributed by atoms with Gasteiger partial charge in [-0.05, 0) is 12.1 Å². The van der Waals surface area contributed by atoms with E-state index in [9.17, 15) is 14.9 Å². The summed E-state index contributed by atoms with van der Waals surface area (Å²) in [6, 6.07) is 6.87. The molecule has 0 radical (unpaired) electrons. The predicted octanol–water partition coefficient (Wildman–Crippen LogP) is 0.824. The second-order valence-corrected chi connectivity index (χ2v) is 5.36. The first kappa shape index (κ1) is 18.1. The first-order valence-electron chi connectivity index (χ1n) is 7.70. The molecule has 1 aliphatic heterocycles. The van der Waals surface area contributed by atoms with E-state index in [1.807, 2.05) is 11.0 Å². The van der Waals surface area contributed by atoms with Crippen molar-refractivity contribution in [1.29, 1.82) is 5.26 Å². The number of carbonyl (C=O) groups excluding carboxylic acids is 2. The molecule has 132 valence electrons. The van der Waals surface area contributed by atoms with Crippen LogP contribution in [0.25, 0.3) is 0 Å². The van der Waals surface area contributed by atoms with Gasteiger partial charge in [0.15, 0.2) is 11.5 Å². The van der Waals surface area contributed by atoms with Crippen molar-refractivity contribution in [2.75, 3.05) is 45.7 Å². The van der Waals surface area contributed by atoms with Gasteiger partial charge in [-0.3, -0.25) is 9.59 Å². The van der Waals surface area contributed by atoms with Gasteiger partial charge in [-0.2, -0.15) is 5.26 Å². The molecule has 1 aliphatic rings. The summed E-state index contributed by atoms with van der Waals surface area (Å²) in [4.78, 5) is 26.5. The highest BCUT2D eigenvalue weighted by atomic mass is 16.5. The van der Waals surface area contributed by atoms with Crippen LogP contribution in [0.1, 0.15) is 0 Å². The monoisotopic (exact) mass is 344 g/mol. The molecule has 0 spiro atoms. The summed E-state index contributed by atoms with van der Waals surface area (Å²) in [5.41, 5.74) is 0.490. The molecule has 0 aliphatic carbocycles. The van der Waals surface area contributed by atoms with Crippen LogP contribution in [0.3, 0.4) is 0 Å². The number of methoxy groups -OCH3 is 2. The molecule has 0 aromatic heterocycles. The van der Waals surface area contributed by atoms with Crippen LogP contribution in [-0.4, -0.2) is 62.5 Å². The summed E-state index contributed by atoms with van der Waals surface area (Å²) < 4.78 is 10.3. The van der Waals surface area contributed by atoms with E-state index in [2.05, 4.69) is 5.32 Å². The Bertz CT molecular complexity index is 703. The quantitative estimate of drug-likeness (QED) is 0.466. The average Bonchev–Trinajstić information content (AvgIpc) is 2.66. The van der Waals surface area contributed by atoms with Gasteiger partial charge in [0.05, 0.1) is 14.2 Å². The third-order valence-corrected chi connectivity index (χ3v) is 3.82. The number of nitriles is 1. The van der Waals surface area contributed by atoms with Crippen molar-refractivity contribution >= 4 is 18.0 Å². The third-order valence-electron chi connectivity index (χ3n) is 3.82. The van der Waals surface area contributed by atoms with E-state index in [0.29, 0.717) is 43.4 Å². The molecule has 0 unspecified atom stereocenters. The van der Waals surface area contributed by atoms with Crippen LogP contribution < -0.4 is 14.8 Å². The van der Waals surface area contributed by atoms with E-state index in [0.717, 1.165) is 6.41 Å². The number of anilines is 1. The number of piperazine rings is 1. The van der Waals surface area contributed by atoms with Gasteiger partial charge in [0.2, 0.25) is 6.41 Å². The largest absolute Gasteiger partial charge is 0.493 e. The normalized spacial score (nSPS) is 14.5. The van der Waals surface area contributed by atoms with Gasteiger partial charge in [-0.15, -0.1) is 0 Å². The predicted molar refractivity (Wildman–Crippen MR) is 91.1 cm³/mol. The van der Waals surface area contributed by atoms with E-state index in [1.54, 1.807) is 23.1 Å². The number of rotatable bonds is 6. The Morgan fingerprint density at radius 1 is 1.16 bits per heavy atom. The summed E-state index contributed by atoms with van der Waals surface area (Å²) in [6.45, 7) is 2.28. The number of nitrogens with zero attached hydrogens (tertiary/aromatic N) is 3. The molecule has 1 N–H and O–H groups in total. The molecule has 2 rings (SSSR count). The van der Waals surface area contributed by atoms with Crippen LogP contribution >= 0.6 is 0 Å². The van der Waals surface area contributed by atoms with Gasteiger partial charge < -0.3 is 24.6 Å². The topological polar surface area (TPSA) is 94.9 Å². The number of hydrogen-bond acceptors (Lipinski definition) is 6. The third kappa shape index (κ3) is 4.64. The zero-order valence-electron chi connectivity index (χ0n) is 14.2. The lowest BCUT2D eigenvalue weighted by molar-refractivity contribution is -0.119. The standard InChI is InChI=1S/C17H20N4O4/c1-24-15-4-3-14(9-16(15)25-2)19-17(23)13(10-18)11-20-5-7-21(12-22)8-6-20/h3-4,9,11-12H,5-8H2,1-2H3,(H,19,23)/b13-11-. The first-order chi connectivity index (χ1) is 12.1. The van der Waals surface area contributed by atoms with E-state index >= 15 is 0 Å². The fourth-order valence-corrected chi connectivity index (χ4v) is 2.41. The fourth-order valence-electron chi connectivity index (χ4n) is 2.41. The van der Waals surface area contributed by atoms with Crippen molar-refractivity contribution in [3.05, 3.63) is 30.0 Å². The minimum Gasteiger partial charge on any atom is -0.493 e. The van der Waals surface area contributed by atoms with E-state index in [4.69, 9.17) is 9.47 Å². The van der Waals surface area contributed by atoms with Crippen molar-refractivity contribution in [3.8, 4) is 17.6 Å². The fraction of sp³-hybridized carbons (Fsp3) is 0.353. The van der Waals surface area contributed by atoms with Crippen molar-refractivity contribution in [2.45, 2.75) is 0 Å². The van der Waals surface area contributed by atoms with E-state index in [-0.39, 0.29) is 5.57 Å². The van der Waals surface area contributed by atoms with Crippen LogP contribution in [-0.2, 0) is 9.59 Å². The maximum absolute atomic E-state index is 12.3. The molecule has 2 amide bonds. The van der Waals surface area contributed by atoms with Gasteiger partial charge in [0, 0.05) is 44.1 Å². The number of benzene rings is 1. The molecule has 25 heavy (non-hydrogen) atoms. The molecule has 8 nitrogen and oxygen atoms in total. The first-order valence-corrected chi connectivity index (χ1v) is 7.70. The molecule has 1 aromatic rings. The maximum atomic E-state index is 12.3. The SMILES string of the molecule is COc1ccc(NC(=O)/C(C#N)=C\N2CCN(C=O)CC2)cc1OC. The average molecular weight is 344 g/mol. The summed E-state index contributed by atoms with van der Waals surface area (Å²) >= 11 is 0. The highest BCUT2D eigenvalue weighted by Gasteiger charge is 2.17. The number of amides is 2. The molecule has 1 fully saturated rings. The van der Waals surface area contributed by atoms with Crippen LogP contribution in [0, 0.1) is 11.3 Å². The summed E-state index contributed by atoms with van der Waals surface area (Å²) in [7, 11) is 3.03. The molecule has 1 saturated heterocycles. The van der Waals surface area contributed by atoms with Gasteiger partial charge in [-0.1, -0.05) is 0 Å². The summed E-state index contributed by atoms with van der Waals surface area (Å²) in [6.07, 6.45) is 2.33. The highest BCUT2D eigenvalue weighted by Crippen LogP contribution is 2.29.